The molecule has 38 heavy (non-hydrogen) atoms. The Morgan fingerprint density at radius 2 is 1.89 bits per heavy atom. The summed E-state index contributed by atoms with van der Waals surface area (Å²) >= 11 is 0. The van der Waals surface area contributed by atoms with Gasteiger partial charge in [-0.05, 0) is 43.9 Å². The summed E-state index contributed by atoms with van der Waals surface area (Å²) < 4.78 is 5.22. The van der Waals surface area contributed by atoms with E-state index in [0.717, 1.165) is 59.2 Å². The number of nitrogens with zero attached hydrogens (tertiary/aromatic N) is 3. The first-order valence-electron chi connectivity index (χ1n) is 13.9. The van der Waals surface area contributed by atoms with E-state index in [1.807, 2.05) is 24.3 Å². The van der Waals surface area contributed by atoms with Crippen molar-refractivity contribution in [2.45, 2.75) is 79.7 Å². The van der Waals surface area contributed by atoms with Gasteiger partial charge in [0.25, 0.3) is 5.91 Å². The second kappa shape index (κ2) is 16.5. The third kappa shape index (κ3) is 8.91. The Balaban J connectivity index is 0.00000161. The van der Waals surface area contributed by atoms with Crippen molar-refractivity contribution >= 4 is 35.3 Å². The molecule has 2 unspecified atom stereocenters. The van der Waals surface area contributed by atoms with Crippen LogP contribution in [0.4, 0.5) is 11.5 Å². The van der Waals surface area contributed by atoms with E-state index in [1.165, 1.54) is 6.42 Å². The normalized spacial score (nSPS) is 16.3. The number of aromatic nitrogens is 2. The second-order valence-corrected chi connectivity index (χ2v) is 9.38. The number of aliphatic imine (C=N–C) groups is 1. The van der Waals surface area contributed by atoms with E-state index in [1.54, 1.807) is 19.5 Å². The number of benzene rings is 1. The zero-order valence-corrected chi connectivity index (χ0v) is 24.2. The molecule has 0 aliphatic carbocycles. The third-order valence-corrected chi connectivity index (χ3v) is 5.97. The van der Waals surface area contributed by atoms with E-state index in [4.69, 9.17) is 9.72 Å². The van der Waals surface area contributed by atoms with Gasteiger partial charge in [0, 0.05) is 30.5 Å². The van der Waals surface area contributed by atoms with Crippen LogP contribution in [0.3, 0.4) is 0 Å². The van der Waals surface area contributed by atoms with Gasteiger partial charge < -0.3 is 15.4 Å². The molecule has 2 N–H and O–H groups in total. The highest BCUT2D eigenvalue weighted by atomic mass is 16.5. The lowest BCUT2D eigenvalue weighted by Gasteiger charge is -2.17. The van der Waals surface area contributed by atoms with Crippen molar-refractivity contribution in [2.24, 2.45) is 10.9 Å². The zero-order valence-electron chi connectivity index (χ0n) is 24.2. The molecular weight excluding hydrogens is 474 g/mol. The molecule has 0 saturated heterocycles. The van der Waals surface area contributed by atoms with E-state index in [0.29, 0.717) is 12.2 Å². The Labute approximate surface area is 228 Å². The SMILES string of the molecule is CC/C=c1/ncc(NC(C)c2cccc(NC(=O)C3=CN=C(COC)C3CC)c2)n/c1=C\CCC.CCC. The zero-order chi connectivity index (χ0) is 27.9. The first-order valence-corrected chi connectivity index (χ1v) is 13.9. The van der Waals surface area contributed by atoms with Gasteiger partial charge in [-0.1, -0.05) is 71.7 Å². The average molecular weight is 520 g/mol. The van der Waals surface area contributed by atoms with Crippen molar-refractivity contribution in [3.05, 3.63) is 58.5 Å². The number of rotatable bonds is 11. The van der Waals surface area contributed by atoms with Crippen molar-refractivity contribution < 1.29 is 9.53 Å². The van der Waals surface area contributed by atoms with E-state index in [2.05, 4.69) is 74.3 Å². The molecule has 0 bridgehead atoms. The summed E-state index contributed by atoms with van der Waals surface area (Å²) in [5.74, 6) is 0.588. The highest BCUT2D eigenvalue weighted by Gasteiger charge is 2.28. The van der Waals surface area contributed by atoms with Gasteiger partial charge in [-0.15, -0.1) is 0 Å². The van der Waals surface area contributed by atoms with Crippen LogP contribution in [0, 0.1) is 5.92 Å². The van der Waals surface area contributed by atoms with Crippen molar-refractivity contribution in [3.8, 4) is 0 Å². The molecule has 1 aromatic carbocycles. The summed E-state index contributed by atoms with van der Waals surface area (Å²) in [5, 5.41) is 8.33. The van der Waals surface area contributed by atoms with Gasteiger partial charge in [0.2, 0.25) is 0 Å². The third-order valence-electron chi connectivity index (χ3n) is 5.97. The molecule has 2 heterocycles. The quantitative estimate of drug-likeness (QED) is 0.392. The number of nitrogens with one attached hydrogen (secondary N) is 2. The van der Waals surface area contributed by atoms with Crippen LogP contribution in [0.5, 0.6) is 0 Å². The minimum atomic E-state index is -0.130. The summed E-state index contributed by atoms with van der Waals surface area (Å²) in [6.45, 7) is 13.1. The summed E-state index contributed by atoms with van der Waals surface area (Å²) in [5.41, 5.74) is 3.35. The average Bonchev–Trinajstić information content (AvgIpc) is 3.32. The van der Waals surface area contributed by atoms with Crippen LogP contribution >= 0.6 is 0 Å². The fourth-order valence-electron chi connectivity index (χ4n) is 4.13. The first kappa shape index (κ1) is 30.9. The lowest BCUT2D eigenvalue weighted by Crippen LogP contribution is -2.32. The largest absolute Gasteiger partial charge is 0.379 e. The summed E-state index contributed by atoms with van der Waals surface area (Å²) in [4.78, 5) is 26.8. The van der Waals surface area contributed by atoms with Crippen LogP contribution in [0.2, 0.25) is 0 Å². The molecule has 1 aliphatic rings. The van der Waals surface area contributed by atoms with Gasteiger partial charge in [0.05, 0.1) is 35.3 Å². The molecule has 2 atom stereocenters. The number of methoxy groups -OCH3 is 1. The standard InChI is InChI=1S/C28H37N5O2.C3H8/c1-6-9-14-25-24(11-7-2)30-17-27(33-25)31-19(4)20-12-10-13-21(15-20)32-28(34)23-16-29-26(18-35-5)22(23)8-3;1-3-2/h10-17,19,22H,6-9,18H2,1-5H3,(H,31,33)(H,32,34);3H2,1-2H3/b24-11+,25-14-;. The van der Waals surface area contributed by atoms with E-state index in [9.17, 15) is 4.79 Å². The summed E-state index contributed by atoms with van der Waals surface area (Å²) in [7, 11) is 1.64. The van der Waals surface area contributed by atoms with Crippen molar-refractivity contribution in [3.63, 3.8) is 0 Å². The number of anilines is 2. The Morgan fingerprint density at radius 3 is 2.55 bits per heavy atom. The number of amides is 1. The van der Waals surface area contributed by atoms with E-state index < -0.39 is 0 Å². The van der Waals surface area contributed by atoms with Crippen molar-refractivity contribution in [2.75, 3.05) is 24.4 Å². The molecule has 2 aromatic rings. The van der Waals surface area contributed by atoms with Gasteiger partial charge in [-0.2, -0.15) is 0 Å². The maximum atomic E-state index is 13.0. The Bertz CT molecular complexity index is 1220. The van der Waals surface area contributed by atoms with Crippen LogP contribution < -0.4 is 21.3 Å². The monoisotopic (exact) mass is 519 g/mol. The molecule has 1 aliphatic heterocycles. The van der Waals surface area contributed by atoms with E-state index >= 15 is 0 Å². The number of unbranched alkanes of at least 4 members (excludes halogenated alkanes) is 1. The van der Waals surface area contributed by atoms with Gasteiger partial charge in [-0.25, -0.2) is 4.98 Å². The Hall–Kier alpha value is -3.32. The number of carbonyl (C=O) groups excluding carboxylic acids is 1. The highest BCUT2D eigenvalue weighted by Crippen LogP contribution is 2.26. The Kier molecular flexibility index (Phi) is 13.4. The molecule has 1 amide bonds. The van der Waals surface area contributed by atoms with Crippen LogP contribution in [0.1, 0.15) is 85.3 Å². The molecule has 0 fully saturated rings. The van der Waals surface area contributed by atoms with E-state index in [-0.39, 0.29) is 17.9 Å². The van der Waals surface area contributed by atoms with Crippen molar-refractivity contribution in [1.29, 1.82) is 0 Å². The molecule has 3 rings (SSSR count). The number of carbonyl (C=O) groups is 1. The number of ether oxygens (including phenoxy) is 1. The van der Waals surface area contributed by atoms with Gasteiger partial charge in [0.1, 0.15) is 5.82 Å². The molecule has 1 aromatic heterocycles. The lowest BCUT2D eigenvalue weighted by molar-refractivity contribution is -0.113. The minimum Gasteiger partial charge on any atom is -0.379 e. The lowest BCUT2D eigenvalue weighted by atomic mass is 9.93. The second-order valence-electron chi connectivity index (χ2n) is 9.38. The topological polar surface area (TPSA) is 88.5 Å². The molecule has 7 nitrogen and oxygen atoms in total. The van der Waals surface area contributed by atoms with Crippen LogP contribution in [0.15, 0.2) is 47.2 Å². The van der Waals surface area contributed by atoms with Crippen LogP contribution in [-0.2, 0) is 9.53 Å². The number of hydrogen-bond acceptors (Lipinski definition) is 6. The maximum absolute atomic E-state index is 13.0. The van der Waals surface area contributed by atoms with Gasteiger partial charge in [0.15, 0.2) is 0 Å². The first-order chi connectivity index (χ1) is 18.4. The smallest absolute Gasteiger partial charge is 0.253 e. The molecule has 0 saturated carbocycles. The maximum Gasteiger partial charge on any atom is 0.253 e. The Morgan fingerprint density at radius 1 is 1.13 bits per heavy atom. The molecule has 0 radical (unpaired) electrons. The highest BCUT2D eigenvalue weighted by molar-refractivity contribution is 6.10. The van der Waals surface area contributed by atoms with Crippen molar-refractivity contribution in [1.82, 2.24) is 9.97 Å². The number of hydrogen-bond donors (Lipinski definition) is 2. The molecule has 206 valence electrons. The molecule has 7 heteroatoms. The predicted molar refractivity (Wildman–Crippen MR) is 160 cm³/mol. The molecule has 0 spiro atoms. The predicted octanol–water partition coefficient (Wildman–Crippen LogP) is 5.79. The summed E-state index contributed by atoms with van der Waals surface area (Å²) in [6.07, 6.45) is 12.7. The molecular formula is C31H45N5O2. The van der Waals surface area contributed by atoms with Crippen LogP contribution in [-0.4, -0.2) is 35.3 Å². The van der Waals surface area contributed by atoms with Gasteiger partial charge in [-0.3, -0.25) is 14.8 Å². The fourth-order valence-corrected chi connectivity index (χ4v) is 4.13. The minimum absolute atomic E-state index is 0.0102. The fraction of sp³-hybridized carbons (Fsp3) is 0.484. The van der Waals surface area contributed by atoms with Crippen LogP contribution in [0.25, 0.3) is 12.2 Å². The van der Waals surface area contributed by atoms with Gasteiger partial charge >= 0.3 is 0 Å². The summed E-state index contributed by atoms with van der Waals surface area (Å²) in [6, 6.07) is 7.84.